The second-order valence-electron chi connectivity index (χ2n) is 5.47. The maximum Gasteiger partial charge on any atom is 0.203 e. The summed E-state index contributed by atoms with van der Waals surface area (Å²) in [6, 6.07) is 14.5. The van der Waals surface area contributed by atoms with Crippen LogP contribution >= 0.6 is 0 Å². The normalized spacial score (nSPS) is 10.6. The van der Waals surface area contributed by atoms with Gasteiger partial charge in [-0.3, -0.25) is 0 Å². The van der Waals surface area contributed by atoms with Crippen molar-refractivity contribution in [1.29, 1.82) is 0 Å². The molecule has 3 rings (SSSR count). The van der Waals surface area contributed by atoms with Crippen LogP contribution in [-0.4, -0.2) is 16.2 Å². The number of halogens is 1. The van der Waals surface area contributed by atoms with Gasteiger partial charge in [0, 0.05) is 19.2 Å². The molecule has 0 aliphatic heterocycles. The van der Waals surface area contributed by atoms with Crippen molar-refractivity contribution in [1.82, 2.24) is 9.55 Å². The molecule has 1 N–H and O–H groups in total. The fourth-order valence-corrected chi connectivity index (χ4v) is 2.56. The van der Waals surface area contributed by atoms with Gasteiger partial charge in [-0.1, -0.05) is 12.1 Å². The molecule has 24 heavy (non-hydrogen) atoms. The van der Waals surface area contributed by atoms with E-state index in [4.69, 9.17) is 4.74 Å². The van der Waals surface area contributed by atoms with Gasteiger partial charge in [0.15, 0.2) is 0 Å². The average molecular weight is 325 g/mol. The molecule has 0 atom stereocenters. The largest absolute Gasteiger partial charge is 0.494 e. The summed E-state index contributed by atoms with van der Waals surface area (Å²) >= 11 is 0. The van der Waals surface area contributed by atoms with Gasteiger partial charge in [0.1, 0.15) is 11.6 Å². The molecule has 1 heterocycles. The molecular formula is C19H20FN3O. The zero-order valence-corrected chi connectivity index (χ0v) is 13.8. The molecule has 5 heteroatoms. The Hall–Kier alpha value is -2.82. The summed E-state index contributed by atoms with van der Waals surface area (Å²) in [6.07, 6.45) is 1.82. The second-order valence-corrected chi connectivity index (χ2v) is 5.47. The number of rotatable bonds is 6. The summed E-state index contributed by atoms with van der Waals surface area (Å²) in [5.41, 5.74) is 2.94. The van der Waals surface area contributed by atoms with E-state index in [9.17, 15) is 4.39 Å². The Morgan fingerprint density at radius 2 is 1.96 bits per heavy atom. The molecular weight excluding hydrogens is 305 g/mol. The molecule has 0 bridgehead atoms. The number of imidazole rings is 1. The summed E-state index contributed by atoms with van der Waals surface area (Å²) in [4.78, 5) is 4.42. The lowest BCUT2D eigenvalue weighted by Gasteiger charge is -2.09. The molecule has 0 radical (unpaired) electrons. The van der Waals surface area contributed by atoms with Crippen molar-refractivity contribution >= 4 is 5.95 Å². The number of nitrogens with zero attached hydrogens (tertiary/aromatic N) is 2. The topological polar surface area (TPSA) is 39.1 Å². The summed E-state index contributed by atoms with van der Waals surface area (Å²) < 4.78 is 20.7. The van der Waals surface area contributed by atoms with Gasteiger partial charge < -0.3 is 14.6 Å². The first-order valence-corrected chi connectivity index (χ1v) is 7.90. The van der Waals surface area contributed by atoms with Gasteiger partial charge in [-0.05, 0) is 48.9 Å². The van der Waals surface area contributed by atoms with E-state index < -0.39 is 0 Å². The van der Waals surface area contributed by atoms with Crippen molar-refractivity contribution in [3.63, 3.8) is 0 Å². The maximum atomic E-state index is 13.2. The monoisotopic (exact) mass is 325 g/mol. The summed E-state index contributed by atoms with van der Waals surface area (Å²) in [5, 5.41) is 3.24. The van der Waals surface area contributed by atoms with Crippen LogP contribution in [-0.2, 0) is 13.6 Å². The lowest BCUT2D eigenvalue weighted by Crippen LogP contribution is -2.05. The van der Waals surface area contributed by atoms with Crippen LogP contribution in [0.15, 0.2) is 54.7 Å². The number of aromatic nitrogens is 2. The zero-order valence-electron chi connectivity index (χ0n) is 13.8. The smallest absolute Gasteiger partial charge is 0.203 e. The zero-order chi connectivity index (χ0) is 16.9. The van der Waals surface area contributed by atoms with Gasteiger partial charge in [0.25, 0.3) is 0 Å². The standard InChI is InChI=1S/C19H20FN3O/c1-3-24-17-9-7-15(8-10-17)18-13-22-19(23(18)2)21-12-14-5-4-6-16(20)11-14/h4-11,13H,3,12H2,1-2H3,(H,21,22). The number of anilines is 1. The molecule has 0 saturated carbocycles. The molecule has 0 saturated heterocycles. The van der Waals surface area contributed by atoms with Gasteiger partial charge >= 0.3 is 0 Å². The molecule has 1 aromatic heterocycles. The fourth-order valence-electron chi connectivity index (χ4n) is 2.56. The highest BCUT2D eigenvalue weighted by Gasteiger charge is 2.08. The molecule has 0 fully saturated rings. The Morgan fingerprint density at radius 1 is 1.17 bits per heavy atom. The highest BCUT2D eigenvalue weighted by molar-refractivity contribution is 5.62. The Balaban J connectivity index is 1.73. The van der Waals surface area contributed by atoms with E-state index in [0.717, 1.165) is 28.5 Å². The molecule has 2 aromatic carbocycles. The summed E-state index contributed by atoms with van der Waals surface area (Å²) in [7, 11) is 1.95. The Labute approximate surface area is 140 Å². The third-order valence-electron chi connectivity index (χ3n) is 3.79. The number of nitrogens with one attached hydrogen (secondary N) is 1. The third kappa shape index (κ3) is 3.56. The van der Waals surface area contributed by atoms with E-state index in [2.05, 4.69) is 10.3 Å². The average Bonchev–Trinajstić information content (AvgIpc) is 2.95. The van der Waals surface area contributed by atoms with E-state index >= 15 is 0 Å². The van der Waals surface area contributed by atoms with Crippen molar-refractivity contribution in [2.45, 2.75) is 13.5 Å². The molecule has 0 unspecified atom stereocenters. The van der Waals surface area contributed by atoms with Crippen LogP contribution in [0.25, 0.3) is 11.3 Å². The Bertz CT molecular complexity index is 812. The fraction of sp³-hybridized carbons (Fsp3) is 0.211. The Morgan fingerprint density at radius 3 is 2.67 bits per heavy atom. The van der Waals surface area contributed by atoms with Crippen molar-refractivity contribution in [3.05, 3.63) is 66.1 Å². The molecule has 0 amide bonds. The minimum Gasteiger partial charge on any atom is -0.494 e. The summed E-state index contributed by atoms with van der Waals surface area (Å²) in [5.74, 6) is 1.36. The van der Waals surface area contributed by atoms with E-state index in [1.807, 2.05) is 55.1 Å². The third-order valence-corrected chi connectivity index (χ3v) is 3.79. The predicted octanol–water partition coefficient (Wildman–Crippen LogP) is 4.24. The lowest BCUT2D eigenvalue weighted by atomic mass is 10.1. The van der Waals surface area contributed by atoms with Crippen LogP contribution in [0.1, 0.15) is 12.5 Å². The van der Waals surface area contributed by atoms with Crippen LogP contribution in [0.3, 0.4) is 0 Å². The van der Waals surface area contributed by atoms with Gasteiger partial charge in [-0.15, -0.1) is 0 Å². The summed E-state index contributed by atoms with van der Waals surface area (Å²) in [6.45, 7) is 3.14. The van der Waals surface area contributed by atoms with E-state index in [1.54, 1.807) is 6.07 Å². The van der Waals surface area contributed by atoms with Gasteiger partial charge in [0.05, 0.1) is 18.5 Å². The minimum atomic E-state index is -0.232. The molecule has 0 aliphatic rings. The highest BCUT2D eigenvalue weighted by atomic mass is 19.1. The maximum absolute atomic E-state index is 13.2. The molecule has 4 nitrogen and oxygen atoms in total. The van der Waals surface area contributed by atoms with Crippen LogP contribution in [0, 0.1) is 5.82 Å². The van der Waals surface area contributed by atoms with Crippen molar-refractivity contribution in [2.24, 2.45) is 7.05 Å². The lowest BCUT2D eigenvalue weighted by molar-refractivity contribution is 0.340. The number of benzene rings is 2. The van der Waals surface area contributed by atoms with E-state index in [1.165, 1.54) is 12.1 Å². The Kier molecular flexibility index (Phi) is 4.79. The van der Waals surface area contributed by atoms with Gasteiger partial charge in [-0.2, -0.15) is 0 Å². The van der Waals surface area contributed by atoms with Crippen molar-refractivity contribution in [3.8, 4) is 17.0 Å². The first kappa shape index (κ1) is 16.1. The first-order chi connectivity index (χ1) is 11.7. The minimum absolute atomic E-state index is 0.232. The van der Waals surface area contributed by atoms with Crippen LogP contribution < -0.4 is 10.1 Å². The van der Waals surface area contributed by atoms with Crippen molar-refractivity contribution in [2.75, 3.05) is 11.9 Å². The molecule has 0 spiro atoms. The second kappa shape index (κ2) is 7.17. The van der Waals surface area contributed by atoms with Crippen molar-refractivity contribution < 1.29 is 9.13 Å². The molecule has 3 aromatic rings. The number of hydrogen-bond acceptors (Lipinski definition) is 3. The highest BCUT2D eigenvalue weighted by Crippen LogP contribution is 2.24. The number of ether oxygens (including phenoxy) is 1. The first-order valence-electron chi connectivity index (χ1n) is 7.90. The predicted molar refractivity (Wildman–Crippen MR) is 93.5 cm³/mol. The van der Waals surface area contributed by atoms with E-state index in [-0.39, 0.29) is 5.82 Å². The van der Waals surface area contributed by atoms with E-state index in [0.29, 0.717) is 13.2 Å². The quantitative estimate of drug-likeness (QED) is 0.737. The molecule has 0 aliphatic carbocycles. The van der Waals surface area contributed by atoms with Crippen LogP contribution in [0.5, 0.6) is 5.75 Å². The number of hydrogen-bond donors (Lipinski definition) is 1. The molecule has 124 valence electrons. The van der Waals surface area contributed by atoms with Crippen LogP contribution in [0.4, 0.5) is 10.3 Å². The van der Waals surface area contributed by atoms with Gasteiger partial charge in [-0.25, -0.2) is 9.37 Å². The SMILES string of the molecule is CCOc1ccc(-c2cnc(NCc3cccc(F)c3)n2C)cc1. The van der Waals surface area contributed by atoms with Gasteiger partial charge in [0.2, 0.25) is 5.95 Å². The van der Waals surface area contributed by atoms with Crippen LogP contribution in [0.2, 0.25) is 0 Å².